The van der Waals surface area contributed by atoms with E-state index in [1.807, 2.05) is 0 Å². The van der Waals surface area contributed by atoms with E-state index >= 15 is 0 Å². The normalized spacial score (nSPS) is 11.6. The Morgan fingerprint density at radius 1 is 1.33 bits per heavy atom. The average molecular weight is 273 g/mol. The Kier molecular flexibility index (Phi) is 3.16. The molecule has 0 saturated heterocycles. The van der Waals surface area contributed by atoms with E-state index < -0.39 is 11.7 Å². The number of aromatic nitrogens is 1. The smallest absolute Gasteiger partial charge is 0.389 e. The van der Waals surface area contributed by atoms with E-state index in [2.05, 4.69) is 10.3 Å². The highest BCUT2D eigenvalue weighted by Gasteiger charge is 2.32. The molecular weight excluding hydrogens is 263 g/mol. The van der Waals surface area contributed by atoms with Crippen molar-refractivity contribution >= 4 is 27.2 Å². The van der Waals surface area contributed by atoms with Crippen LogP contribution >= 0.6 is 11.3 Å². The zero-order chi connectivity index (χ0) is 13.3. The summed E-state index contributed by atoms with van der Waals surface area (Å²) in [4.78, 5) is 3.93. The van der Waals surface area contributed by atoms with Crippen molar-refractivity contribution in [1.82, 2.24) is 4.98 Å². The van der Waals surface area contributed by atoms with Gasteiger partial charge in [0.25, 0.3) is 0 Å². The third-order valence-corrected chi connectivity index (χ3v) is 3.06. The number of benzene rings is 1. The van der Waals surface area contributed by atoms with E-state index in [1.54, 1.807) is 6.07 Å². The van der Waals surface area contributed by atoms with Crippen LogP contribution in [0.1, 0.15) is 11.1 Å². The number of aryl methyl sites for hydroxylation is 1. The average Bonchev–Trinajstić information content (AvgIpc) is 2.65. The van der Waals surface area contributed by atoms with Crippen molar-refractivity contribution in [3.8, 4) is 0 Å². The fraction of sp³-hybridized carbons (Fsp3) is 0.182. The van der Waals surface area contributed by atoms with Crippen molar-refractivity contribution in [1.29, 1.82) is 0 Å². The monoisotopic (exact) mass is 273 g/mol. The summed E-state index contributed by atoms with van der Waals surface area (Å²) in [5, 5.41) is 3.75. The molecule has 0 atom stereocenters. The molecule has 18 heavy (non-hydrogen) atoms. The van der Waals surface area contributed by atoms with E-state index in [0.29, 0.717) is 15.8 Å². The van der Waals surface area contributed by atoms with Gasteiger partial charge in [0.15, 0.2) is 5.13 Å². The number of nitrogens with one attached hydrogen (secondary N) is 1. The maximum atomic E-state index is 12.7. The van der Waals surface area contributed by atoms with Crippen LogP contribution in [-0.4, -0.2) is 4.98 Å². The van der Waals surface area contributed by atoms with E-state index in [0.717, 1.165) is 6.07 Å². The van der Waals surface area contributed by atoms with Gasteiger partial charge < -0.3 is 11.1 Å². The summed E-state index contributed by atoms with van der Waals surface area (Å²) >= 11 is 1.17. The fourth-order valence-electron chi connectivity index (χ4n) is 1.47. The van der Waals surface area contributed by atoms with Gasteiger partial charge in [0.2, 0.25) is 0 Å². The van der Waals surface area contributed by atoms with Gasteiger partial charge in [-0.1, -0.05) is 17.4 Å². The second kappa shape index (κ2) is 4.49. The lowest BCUT2D eigenvalue weighted by molar-refractivity contribution is -0.138. The van der Waals surface area contributed by atoms with E-state index in [9.17, 15) is 13.2 Å². The fourth-order valence-corrected chi connectivity index (χ4v) is 2.08. The number of nitrogen functional groups attached to an aromatic ring is 1. The lowest BCUT2D eigenvalue weighted by atomic mass is 10.1. The minimum Gasteiger partial charge on any atom is -0.389 e. The quantitative estimate of drug-likeness (QED) is 0.875. The molecule has 0 amide bonds. The maximum absolute atomic E-state index is 12.7. The highest BCUT2D eigenvalue weighted by atomic mass is 32.1. The molecule has 7 heteroatoms. The topological polar surface area (TPSA) is 50.9 Å². The van der Waals surface area contributed by atoms with Crippen LogP contribution in [-0.2, 0) is 6.18 Å². The van der Waals surface area contributed by atoms with Gasteiger partial charge in [0.1, 0.15) is 5.00 Å². The van der Waals surface area contributed by atoms with Crippen molar-refractivity contribution < 1.29 is 13.2 Å². The molecule has 3 N–H and O–H groups in total. The van der Waals surface area contributed by atoms with Crippen LogP contribution in [0.2, 0.25) is 0 Å². The molecule has 0 aliphatic carbocycles. The minimum absolute atomic E-state index is 0.187. The Labute approximate surface area is 105 Å². The predicted octanol–water partition coefficient (Wildman–Crippen LogP) is 3.80. The number of hydrogen-bond donors (Lipinski definition) is 2. The molecule has 0 bridgehead atoms. The number of nitrogens with zero attached hydrogens (tertiary/aromatic N) is 1. The maximum Gasteiger partial charge on any atom is 0.416 e. The van der Waals surface area contributed by atoms with Gasteiger partial charge in [-0.25, -0.2) is 4.98 Å². The summed E-state index contributed by atoms with van der Waals surface area (Å²) < 4.78 is 38.1. The molecule has 96 valence electrons. The SMILES string of the molecule is Cc1ccc(Nc2ncc(N)s2)cc1C(F)(F)F. The highest BCUT2D eigenvalue weighted by molar-refractivity contribution is 7.19. The van der Waals surface area contributed by atoms with Crippen molar-refractivity contribution in [3.63, 3.8) is 0 Å². The second-order valence-corrected chi connectivity index (χ2v) is 4.78. The molecule has 1 aromatic heterocycles. The molecule has 0 fully saturated rings. The van der Waals surface area contributed by atoms with Gasteiger partial charge >= 0.3 is 6.18 Å². The summed E-state index contributed by atoms with van der Waals surface area (Å²) in [6.45, 7) is 1.42. The standard InChI is InChI=1S/C11H10F3N3S/c1-6-2-3-7(4-8(6)11(12,13)14)17-10-16-5-9(15)18-10/h2-5H,15H2,1H3,(H,16,17). The summed E-state index contributed by atoms with van der Waals surface area (Å²) in [7, 11) is 0. The Morgan fingerprint density at radius 3 is 2.61 bits per heavy atom. The molecule has 3 nitrogen and oxygen atoms in total. The first kappa shape index (κ1) is 12.7. The number of anilines is 3. The zero-order valence-corrected chi connectivity index (χ0v) is 10.2. The number of halogens is 3. The van der Waals surface area contributed by atoms with Crippen LogP contribution < -0.4 is 11.1 Å². The van der Waals surface area contributed by atoms with Crippen LogP contribution in [0, 0.1) is 6.92 Å². The summed E-state index contributed by atoms with van der Waals surface area (Å²) in [6, 6.07) is 4.05. The summed E-state index contributed by atoms with van der Waals surface area (Å²) in [5.74, 6) is 0. The molecule has 1 heterocycles. The summed E-state index contributed by atoms with van der Waals surface area (Å²) in [6.07, 6.45) is -2.91. The van der Waals surface area contributed by atoms with E-state index in [1.165, 1.54) is 30.5 Å². The number of thiazole rings is 1. The number of nitrogens with two attached hydrogens (primary N) is 1. The third kappa shape index (κ3) is 2.73. The van der Waals surface area contributed by atoms with E-state index in [-0.39, 0.29) is 5.56 Å². The first-order valence-corrected chi connectivity index (χ1v) is 5.84. The van der Waals surface area contributed by atoms with Crippen LogP contribution in [0.4, 0.5) is 29.0 Å². The van der Waals surface area contributed by atoms with Gasteiger partial charge in [-0.3, -0.25) is 0 Å². The second-order valence-electron chi connectivity index (χ2n) is 3.72. The van der Waals surface area contributed by atoms with Crippen LogP contribution in [0.5, 0.6) is 0 Å². The lowest BCUT2D eigenvalue weighted by Gasteiger charge is -2.12. The van der Waals surface area contributed by atoms with Gasteiger partial charge in [-0.05, 0) is 24.6 Å². The predicted molar refractivity (Wildman–Crippen MR) is 66.0 cm³/mol. The first-order chi connectivity index (χ1) is 8.36. The van der Waals surface area contributed by atoms with Gasteiger partial charge in [0.05, 0.1) is 11.8 Å². The molecular formula is C11H10F3N3S. The molecule has 0 unspecified atom stereocenters. The van der Waals surface area contributed by atoms with Gasteiger partial charge in [-0.15, -0.1) is 0 Å². The van der Waals surface area contributed by atoms with Gasteiger partial charge in [0, 0.05) is 5.69 Å². The lowest BCUT2D eigenvalue weighted by Crippen LogP contribution is -2.08. The molecule has 0 aliphatic heterocycles. The Bertz CT molecular complexity index is 563. The third-order valence-electron chi connectivity index (χ3n) is 2.32. The van der Waals surface area contributed by atoms with Crippen LogP contribution in [0.15, 0.2) is 24.4 Å². The van der Waals surface area contributed by atoms with Crippen molar-refractivity contribution in [3.05, 3.63) is 35.5 Å². The molecule has 1 aromatic carbocycles. The van der Waals surface area contributed by atoms with E-state index in [4.69, 9.17) is 5.73 Å². The molecule has 2 rings (SSSR count). The Balaban J connectivity index is 2.30. The Morgan fingerprint density at radius 2 is 2.06 bits per heavy atom. The van der Waals surface area contributed by atoms with Crippen LogP contribution in [0.25, 0.3) is 0 Å². The molecule has 2 aromatic rings. The Hall–Kier alpha value is -1.76. The van der Waals surface area contributed by atoms with Gasteiger partial charge in [-0.2, -0.15) is 13.2 Å². The number of hydrogen-bond acceptors (Lipinski definition) is 4. The number of alkyl halides is 3. The highest BCUT2D eigenvalue weighted by Crippen LogP contribution is 2.34. The largest absolute Gasteiger partial charge is 0.416 e. The molecule has 0 radical (unpaired) electrons. The molecule has 0 spiro atoms. The van der Waals surface area contributed by atoms with Crippen molar-refractivity contribution in [2.75, 3.05) is 11.1 Å². The van der Waals surface area contributed by atoms with Crippen molar-refractivity contribution in [2.45, 2.75) is 13.1 Å². The van der Waals surface area contributed by atoms with Crippen molar-refractivity contribution in [2.24, 2.45) is 0 Å². The zero-order valence-electron chi connectivity index (χ0n) is 9.38. The number of rotatable bonds is 2. The summed E-state index contributed by atoms with van der Waals surface area (Å²) in [5.41, 5.74) is 5.36. The first-order valence-electron chi connectivity index (χ1n) is 5.02. The van der Waals surface area contributed by atoms with Crippen LogP contribution in [0.3, 0.4) is 0 Å². The minimum atomic E-state index is -4.36. The molecule has 0 saturated carbocycles. The molecule has 0 aliphatic rings.